The van der Waals surface area contributed by atoms with Crippen LogP contribution in [0, 0.1) is 0 Å². The number of aromatic nitrogens is 3. The number of H-pyrrole nitrogens is 1. The van der Waals surface area contributed by atoms with Crippen LogP contribution >= 0.6 is 0 Å². The maximum absolute atomic E-state index is 12.0. The fourth-order valence-corrected chi connectivity index (χ4v) is 1.80. The predicted octanol–water partition coefficient (Wildman–Crippen LogP) is 0.551. The minimum Gasteiger partial charge on any atom is -0.365 e. The van der Waals surface area contributed by atoms with E-state index in [2.05, 4.69) is 20.5 Å². The lowest BCUT2D eigenvalue weighted by Gasteiger charge is -2.23. The second kappa shape index (κ2) is 4.21. The van der Waals surface area contributed by atoms with Crippen LogP contribution in [-0.4, -0.2) is 33.3 Å². The van der Waals surface area contributed by atoms with Crippen LogP contribution < -0.4 is 5.32 Å². The lowest BCUT2D eigenvalue weighted by Crippen LogP contribution is -2.45. The number of carbonyl (C=O) groups is 1. The van der Waals surface area contributed by atoms with Crippen LogP contribution in [0.25, 0.3) is 0 Å². The van der Waals surface area contributed by atoms with Gasteiger partial charge in [-0.15, -0.1) is 0 Å². The third kappa shape index (κ3) is 2.06. The Hall–Kier alpha value is -1.43. The van der Waals surface area contributed by atoms with Crippen molar-refractivity contribution in [1.82, 2.24) is 20.5 Å². The molecule has 0 bridgehead atoms. The Morgan fingerprint density at radius 1 is 1.75 bits per heavy atom. The Bertz CT molecular complexity index is 357. The van der Waals surface area contributed by atoms with Gasteiger partial charge < -0.3 is 10.1 Å². The molecule has 1 saturated heterocycles. The van der Waals surface area contributed by atoms with Crippen molar-refractivity contribution in [3.8, 4) is 0 Å². The molecule has 1 fully saturated rings. The molecule has 2 atom stereocenters. The van der Waals surface area contributed by atoms with Gasteiger partial charge in [0.25, 0.3) is 5.91 Å². The average molecular weight is 224 g/mol. The van der Waals surface area contributed by atoms with E-state index in [0.29, 0.717) is 12.4 Å². The maximum Gasteiger partial charge on any atom is 0.252 e. The first kappa shape index (κ1) is 11.1. The normalized spacial score (nSPS) is 26.6. The van der Waals surface area contributed by atoms with Crippen LogP contribution in [0.4, 0.5) is 0 Å². The van der Waals surface area contributed by atoms with Gasteiger partial charge in [0, 0.05) is 6.61 Å². The molecule has 1 aliphatic rings. The quantitative estimate of drug-likeness (QED) is 0.785. The number of ether oxygens (including phenoxy) is 1. The number of nitrogens with zero attached hydrogens (tertiary/aromatic N) is 2. The SMILES string of the molecule is CC(NC(=O)C1(C)CCCO1)c1ncn[nH]1. The van der Waals surface area contributed by atoms with Crippen molar-refractivity contribution in [2.24, 2.45) is 0 Å². The van der Waals surface area contributed by atoms with E-state index in [1.54, 1.807) is 0 Å². The molecular weight excluding hydrogens is 208 g/mol. The predicted molar refractivity (Wildman–Crippen MR) is 56.5 cm³/mol. The standard InChI is InChI=1S/C10H16N4O2/c1-7(8-11-6-12-14-8)13-9(15)10(2)4-3-5-16-10/h6-7H,3-5H2,1-2H3,(H,13,15)(H,11,12,14). The minimum atomic E-state index is -0.686. The molecule has 0 aromatic carbocycles. The first-order chi connectivity index (χ1) is 7.62. The third-order valence-electron chi connectivity index (χ3n) is 2.89. The highest BCUT2D eigenvalue weighted by Gasteiger charge is 2.38. The number of rotatable bonds is 3. The number of aromatic amines is 1. The Balaban J connectivity index is 1.97. The van der Waals surface area contributed by atoms with Crippen LogP contribution in [0.5, 0.6) is 0 Å². The van der Waals surface area contributed by atoms with Gasteiger partial charge >= 0.3 is 0 Å². The molecule has 2 unspecified atom stereocenters. The highest BCUT2D eigenvalue weighted by atomic mass is 16.5. The van der Waals surface area contributed by atoms with Gasteiger partial charge in [0.2, 0.25) is 0 Å². The molecule has 2 N–H and O–H groups in total. The molecule has 1 aromatic heterocycles. The van der Waals surface area contributed by atoms with Crippen LogP contribution in [0.2, 0.25) is 0 Å². The molecule has 2 rings (SSSR count). The largest absolute Gasteiger partial charge is 0.365 e. The zero-order valence-corrected chi connectivity index (χ0v) is 9.49. The maximum atomic E-state index is 12.0. The highest BCUT2D eigenvalue weighted by Crippen LogP contribution is 2.25. The summed E-state index contributed by atoms with van der Waals surface area (Å²) in [6, 6.07) is -0.184. The lowest BCUT2D eigenvalue weighted by molar-refractivity contribution is -0.140. The fourth-order valence-electron chi connectivity index (χ4n) is 1.80. The summed E-state index contributed by atoms with van der Waals surface area (Å²) in [5.41, 5.74) is -0.686. The number of hydrogen-bond donors (Lipinski definition) is 2. The molecule has 0 spiro atoms. The van der Waals surface area contributed by atoms with E-state index in [4.69, 9.17) is 4.74 Å². The Labute approximate surface area is 93.8 Å². The van der Waals surface area contributed by atoms with Gasteiger partial charge in [0.1, 0.15) is 17.8 Å². The first-order valence-corrected chi connectivity index (χ1v) is 5.42. The fraction of sp³-hybridized carbons (Fsp3) is 0.700. The van der Waals surface area contributed by atoms with Crippen molar-refractivity contribution in [1.29, 1.82) is 0 Å². The molecule has 16 heavy (non-hydrogen) atoms. The molecule has 0 saturated carbocycles. The molecule has 2 heterocycles. The van der Waals surface area contributed by atoms with Crippen LogP contribution in [-0.2, 0) is 9.53 Å². The van der Waals surface area contributed by atoms with Gasteiger partial charge in [-0.05, 0) is 26.7 Å². The molecule has 88 valence electrons. The van der Waals surface area contributed by atoms with Crippen molar-refractivity contribution in [2.75, 3.05) is 6.61 Å². The number of hydrogen-bond acceptors (Lipinski definition) is 4. The van der Waals surface area contributed by atoms with Gasteiger partial charge in [-0.25, -0.2) is 4.98 Å². The molecule has 1 amide bonds. The monoisotopic (exact) mass is 224 g/mol. The zero-order valence-electron chi connectivity index (χ0n) is 9.49. The van der Waals surface area contributed by atoms with E-state index in [-0.39, 0.29) is 11.9 Å². The van der Waals surface area contributed by atoms with E-state index >= 15 is 0 Å². The lowest BCUT2D eigenvalue weighted by atomic mass is 10.0. The topological polar surface area (TPSA) is 79.9 Å². The summed E-state index contributed by atoms with van der Waals surface area (Å²) in [7, 11) is 0. The molecule has 1 aromatic rings. The molecule has 1 aliphatic heterocycles. The summed E-state index contributed by atoms with van der Waals surface area (Å²) in [6.07, 6.45) is 3.12. The van der Waals surface area contributed by atoms with Crippen LogP contribution in [0.1, 0.15) is 38.6 Å². The molecular formula is C10H16N4O2. The highest BCUT2D eigenvalue weighted by molar-refractivity contribution is 5.85. The minimum absolute atomic E-state index is 0.0890. The number of amides is 1. The van der Waals surface area contributed by atoms with Crippen molar-refractivity contribution in [3.05, 3.63) is 12.2 Å². The molecule has 0 aliphatic carbocycles. The Kier molecular flexibility index (Phi) is 2.91. The smallest absolute Gasteiger partial charge is 0.252 e. The summed E-state index contributed by atoms with van der Waals surface area (Å²) < 4.78 is 5.46. The summed E-state index contributed by atoms with van der Waals surface area (Å²) in [4.78, 5) is 16.0. The van der Waals surface area contributed by atoms with E-state index in [1.165, 1.54) is 6.33 Å². The van der Waals surface area contributed by atoms with Crippen molar-refractivity contribution < 1.29 is 9.53 Å². The van der Waals surface area contributed by atoms with E-state index in [0.717, 1.165) is 12.8 Å². The van der Waals surface area contributed by atoms with Crippen LogP contribution in [0.3, 0.4) is 0 Å². The molecule has 0 radical (unpaired) electrons. The van der Waals surface area contributed by atoms with Gasteiger partial charge in [-0.2, -0.15) is 5.10 Å². The second-order valence-electron chi connectivity index (χ2n) is 4.25. The second-order valence-corrected chi connectivity index (χ2v) is 4.25. The molecule has 6 heteroatoms. The van der Waals surface area contributed by atoms with Crippen LogP contribution in [0.15, 0.2) is 6.33 Å². The van der Waals surface area contributed by atoms with Gasteiger partial charge in [0.05, 0.1) is 6.04 Å². The first-order valence-electron chi connectivity index (χ1n) is 5.42. The van der Waals surface area contributed by atoms with Gasteiger partial charge in [-0.1, -0.05) is 0 Å². The Morgan fingerprint density at radius 2 is 2.56 bits per heavy atom. The zero-order chi connectivity index (χ0) is 11.6. The molecule has 6 nitrogen and oxygen atoms in total. The van der Waals surface area contributed by atoms with Crippen molar-refractivity contribution in [2.45, 2.75) is 38.3 Å². The summed E-state index contributed by atoms with van der Waals surface area (Å²) in [5, 5.41) is 9.34. The van der Waals surface area contributed by atoms with E-state index in [9.17, 15) is 4.79 Å². The summed E-state index contributed by atoms with van der Waals surface area (Å²) >= 11 is 0. The number of carbonyl (C=O) groups excluding carboxylic acids is 1. The average Bonchev–Trinajstić information content (AvgIpc) is 2.88. The third-order valence-corrected chi connectivity index (χ3v) is 2.89. The Morgan fingerprint density at radius 3 is 3.12 bits per heavy atom. The number of nitrogens with one attached hydrogen (secondary N) is 2. The van der Waals surface area contributed by atoms with Crippen molar-refractivity contribution >= 4 is 5.91 Å². The summed E-state index contributed by atoms with van der Waals surface area (Å²) in [6.45, 7) is 4.33. The van der Waals surface area contributed by atoms with E-state index in [1.807, 2.05) is 13.8 Å². The summed E-state index contributed by atoms with van der Waals surface area (Å²) in [5.74, 6) is 0.559. The van der Waals surface area contributed by atoms with Gasteiger partial charge in [-0.3, -0.25) is 9.89 Å². The van der Waals surface area contributed by atoms with E-state index < -0.39 is 5.60 Å². The van der Waals surface area contributed by atoms with Crippen molar-refractivity contribution in [3.63, 3.8) is 0 Å². The van der Waals surface area contributed by atoms with Gasteiger partial charge in [0.15, 0.2) is 0 Å².